The van der Waals surface area contributed by atoms with Crippen LogP contribution in [0, 0.1) is 0 Å². The molecule has 0 fully saturated rings. The standard InChI is InChI=1S/C15H11ClN2OS/c16-13-4-3-12(20-13)9-1-2-10-8-19-14(11(10)7-9)15-17-5-6-18-15/h1-4,7-8H,5-6H2,(H,17,18). The van der Waals surface area contributed by atoms with E-state index in [1.807, 2.05) is 12.1 Å². The number of nitrogens with zero attached hydrogens (tertiary/aromatic N) is 1. The summed E-state index contributed by atoms with van der Waals surface area (Å²) in [6.45, 7) is 1.68. The van der Waals surface area contributed by atoms with Crippen molar-refractivity contribution in [1.29, 1.82) is 0 Å². The van der Waals surface area contributed by atoms with Crippen LogP contribution in [0.15, 0.2) is 46.0 Å². The van der Waals surface area contributed by atoms with E-state index >= 15 is 0 Å². The minimum absolute atomic E-state index is 0.800. The Labute approximate surface area is 124 Å². The first-order valence-corrected chi connectivity index (χ1v) is 7.56. The first-order chi connectivity index (χ1) is 9.81. The summed E-state index contributed by atoms with van der Waals surface area (Å²) in [5.41, 5.74) is 1.15. The molecule has 5 heteroatoms. The van der Waals surface area contributed by atoms with Gasteiger partial charge in [-0.3, -0.25) is 4.99 Å². The maximum atomic E-state index is 6.01. The fraction of sp³-hybridized carbons (Fsp3) is 0.133. The topological polar surface area (TPSA) is 37.5 Å². The van der Waals surface area contributed by atoms with Gasteiger partial charge in [-0.05, 0) is 23.8 Å². The average molecular weight is 303 g/mol. The average Bonchev–Trinajstić information content (AvgIpc) is 3.17. The van der Waals surface area contributed by atoms with E-state index < -0.39 is 0 Å². The molecule has 3 nitrogen and oxygen atoms in total. The smallest absolute Gasteiger partial charge is 0.176 e. The largest absolute Gasteiger partial charge is 0.460 e. The molecule has 20 heavy (non-hydrogen) atoms. The Kier molecular flexibility index (Phi) is 2.79. The molecule has 0 amide bonds. The summed E-state index contributed by atoms with van der Waals surface area (Å²) in [6, 6.07) is 10.3. The Hall–Kier alpha value is -1.78. The second kappa shape index (κ2) is 4.65. The lowest BCUT2D eigenvalue weighted by molar-refractivity contribution is 0.560. The summed E-state index contributed by atoms with van der Waals surface area (Å²) in [4.78, 5) is 5.59. The maximum Gasteiger partial charge on any atom is 0.176 e. The Morgan fingerprint density at radius 3 is 2.95 bits per heavy atom. The first-order valence-electron chi connectivity index (χ1n) is 6.37. The fourth-order valence-corrected chi connectivity index (χ4v) is 3.44. The van der Waals surface area contributed by atoms with Crippen LogP contribution in [0.2, 0.25) is 4.34 Å². The molecule has 0 saturated carbocycles. The number of hydrogen-bond acceptors (Lipinski definition) is 4. The second-order valence-electron chi connectivity index (χ2n) is 4.63. The van der Waals surface area contributed by atoms with E-state index in [0.29, 0.717) is 0 Å². The Morgan fingerprint density at radius 2 is 2.20 bits per heavy atom. The van der Waals surface area contributed by atoms with Crippen molar-refractivity contribution in [3.05, 3.63) is 46.7 Å². The molecule has 1 N–H and O–H groups in total. The lowest BCUT2D eigenvalue weighted by Crippen LogP contribution is -2.18. The Bertz CT molecular complexity index is 818. The monoisotopic (exact) mass is 302 g/mol. The van der Waals surface area contributed by atoms with Crippen molar-refractivity contribution in [1.82, 2.24) is 5.32 Å². The van der Waals surface area contributed by atoms with E-state index in [-0.39, 0.29) is 0 Å². The number of amidine groups is 1. The van der Waals surface area contributed by atoms with Crippen LogP contribution in [0.4, 0.5) is 0 Å². The Balaban J connectivity index is 1.87. The maximum absolute atomic E-state index is 6.01. The quantitative estimate of drug-likeness (QED) is 0.771. The van der Waals surface area contributed by atoms with E-state index in [9.17, 15) is 0 Å². The van der Waals surface area contributed by atoms with Gasteiger partial charge in [0, 0.05) is 22.2 Å². The van der Waals surface area contributed by atoms with Crippen LogP contribution >= 0.6 is 22.9 Å². The van der Waals surface area contributed by atoms with Gasteiger partial charge in [0.15, 0.2) is 11.6 Å². The van der Waals surface area contributed by atoms with Gasteiger partial charge in [0.1, 0.15) is 0 Å². The van der Waals surface area contributed by atoms with Gasteiger partial charge in [0.2, 0.25) is 0 Å². The number of halogens is 1. The molecule has 3 aromatic rings. The van der Waals surface area contributed by atoms with Crippen molar-refractivity contribution in [2.45, 2.75) is 0 Å². The zero-order valence-electron chi connectivity index (χ0n) is 10.5. The van der Waals surface area contributed by atoms with Gasteiger partial charge in [-0.1, -0.05) is 23.7 Å². The molecule has 100 valence electrons. The van der Waals surface area contributed by atoms with E-state index in [1.165, 1.54) is 0 Å². The van der Waals surface area contributed by atoms with E-state index in [2.05, 4.69) is 28.5 Å². The van der Waals surface area contributed by atoms with Gasteiger partial charge >= 0.3 is 0 Å². The normalized spacial score (nSPS) is 14.6. The van der Waals surface area contributed by atoms with Crippen molar-refractivity contribution >= 4 is 39.5 Å². The lowest BCUT2D eigenvalue weighted by atomic mass is 10.1. The molecule has 0 aliphatic carbocycles. The first kappa shape index (κ1) is 12.0. The number of benzene rings is 1. The number of rotatable bonds is 2. The molecule has 0 unspecified atom stereocenters. The van der Waals surface area contributed by atoms with Crippen LogP contribution in [0.5, 0.6) is 0 Å². The molecule has 2 aromatic heterocycles. The number of fused-ring (bicyclic) bond motifs is 1. The predicted octanol–water partition coefficient (Wildman–Crippen LogP) is 4.16. The fourth-order valence-electron chi connectivity index (χ4n) is 2.40. The molecule has 0 atom stereocenters. The molecule has 1 aromatic carbocycles. The van der Waals surface area contributed by atoms with Gasteiger partial charge in [0.05, 0.1) is 17.1 Å². The van der Waals surface area contributed by atoms with Crippen LogP contribution in [-0.4, -0.2) is 18.9 Å². The van der Waals surface area contributed by atoms with Crippen molar-refractivity contribution in [2.24, 2.45) is 4.99 Å². The predicted molar refractivity (Wildman–Crippen MR) is 83.9 cm³/mol. The third-order valence-corrected chi connectivity index (χ3v) is 4.63. The van der Waals surface area contributed by atoms with Crippen molar-refractivity contribution in [2.75, 3.05) is 13.1 Å². The summed E-state index contributed by atoms with van der Waals surface area (Å²) >= 11 is 7.59. The van der Waals surface area contributed by atoms with Gasteiger partial charge < -0.3 is 9.73 Å². The van der Waals surface area contributed by atoms with Crippen LogP contribution < -0.4 is 5.32 Å². The van der Waals surface area contributed by atoms with E-state index in [0.717, 1.165) is 50.2 Å². The molecular formula is C15H11ClN2OS. The third-order valence-electron chi connectivity index (χ3n) is 3.35. The second-order valence-corrected chi connectivity index (χ2v) is 6.34. The molecule has 0 radical (unpaired) electrons. The highest BCUT2D eigenvalue weighted by molar-refractivity contribution is 7.19. The summed E-state index contributed by atoms with van der Waals surface area (Å²) in [5.74, 6) is 1.67. The molecular weight excluding hydrogens is 292 g/mol. The minimum atomic E-state index is 0.800. The van der Waals surface area contributed by atoms with Crippen LogP contribution in [0.25, 0.3) is 21.2 Å². The number of hydrogen-bond donors (Lipinski definition) is 1. The summed E-state index contributed by atoms with van der Waals surface area (Å²) in [5, 5.41) is 5.42. The summed E-state index contributed by atoms with van der Waals surface area (Å²) < 4.78 is 6.48. The SMILES string of the molecule is Clc1ccc(-c2ccc3coc(C4=NCCN4)c3c2)s1. The zero-order chi connectivity index (χ0) is 13.5. The lowest BCUT2D eigenvalue weighted by Gasteiger charge is -2.01. The van der Waals surface area contributed by atoms with Gasteiger partial charge in [0.25, 0.3) is 0 Å². The molecule has 3 heterocycles. The van der Waals surface area contributed by atoms with Crippen LogP contribution in [0.3, 0.4) is 0 Å². The molecule has 1 aliphatic heterocycles. The van der Waals surface area contributed by atoms with Crippen LogP contribution in [0.1, 0.15) is 5.76 Å². The molecule has 1 aliphatic rings. The number of aliphatic imine (C=N–C) groups is 1. The molecule has 0 bridgehead atoms. The highest BCUT2D eigenvalue weighted by Gasteiger charge is 2.16. The minimum Gasteiger partial charge on any atom is -0.460 e. The molecule has 4 rings (SSSR count). The van der Waals surface area contributed by atoms with Crippen molar-refractivity contribution in [3.8, 4) is 10.4 Å². The van der Waals surface area contributed by atoms with Gasteiger partial charge in [-0.2, -0.15) is 0 Å². The van der Waals surface area contributed by atoms with Crippen molar-refractivity contribution in [3.63, 3.8) is 0 Å². The van der Waals surface area contributed by atoms with E-state index in [1.54, 1.807) is 17.6 Å². The number of furan rings is 1. The molecule has 0 saturated heterocycles. The summed E-state index contributed by atoms with van der Waals surface area (Å²) in [6.07, 6.45) is 1.78. The third kappa shape index (κ3) is 1.92. The Morgan fingerprint density at radius 1 is 1.25 bits per heavy atom. The highest BCUT2D eigenvalue weighted by atomic mass is 35.5. The van der Waals surface area contributed by atoms with E-state index in [4.69, 9.17) is 16.0 Å². The number of nitrogens with one attached hydrogen (secondary N) is 1. The molecule has 0 spiro atoms. The summed E-state index contributed by atoms with van der Waals surface area (Å²) in [7, 11) is 0. The van der Waals surface area contributed by atoms with Crippen LogP contribution in [-0.2, 0) is 0 Å². The number of thiophene rings is 1. The van der Waals surface area contributed by atoms with Gasteiger partial charge in [-0.25, -0.2) is 0 Å². The van der Waals surface area contributed by atoms with Gasteiger partial charge in [-0.15, -0.1) is 11.3 Å². The zero-order valence-corrected chi connectivity index (χ0v) is 12.1. The van der Waals surface area contributed by atoms with Crippen molar-refractivity contribution < 1.29 is 4.42 Å². The highest BCUT2D eigenvalue weighted by Crippen LogP contribution is 2.34.